The number of nitrogens with one attached hydrogen (secondary N) is 2. The minimum absolute atomic E-state index is 0.0575. The first-order chi connectivity index (χ1) is 13.1. The Kier molecular flexibility index (Phi) is 5.77. The lowest BCUT2D eigenvalue weighted by Crippen LogP contribution is -2.08. The predicted octanol–water partition coefficient (Wildman–Crippen LogP) is 3.91. The summed E-state index contributed by atoms with van der Waals surface area (Å²) in [6, 6.07) is 10.8. The Balaban J connectivity index is 1.81. The van der Waals surface area contributed by atoms with Crippen molar-refractivity contribution in [3.8, 4) is 5.75 Å². The lowest BCUT2D eigenvalue weighted by Gasteiger charge is -2.10. The Morgan fingerprint density at radius 2 is 1.85 bits per heavy atom. The van der Waals surface area contributed by atoms with E-state index in [4.69, 9.17) is 4.74 Å². The first-order valence-corrected chi connectivity index (χ1v) is 8.61. The molecule has 2 heterocycles. The predicted molar refractivity (Wildman–Crippen MR) is 104 cm³/mol. The molecule has 0 bridgehead atoms. The van der Waals surface area contributed by atoms with E-state index in [9.17, 15) is 10.1 Å². The minimum atomic E-state index is -0.530. The molecule has 0 fully saturated rings. The maximum atomic E-state index is 11.6. The van der Waals surface area contributed by atoms with Gasteiger partial charge in [0.2, 0.25) is 11.6 Å². The highest BCUT2D eigenvalue weighted by Crippen LogP contribution is 2.31. The van der Waals surface area contributed by atoms with Crippen LogP contribution >= 0.6 is 15.9 Å². The van der Waals surface area contributed by atoms with Crippen LogP contribution in [0.2, 0.25) is 0 Å². The summed E-state index contributed by atoms with van der Waals surface area (Å²) in [5.41, 5.74) is 0.670. The summed E-state index contributed by atoms with van der Waals surface area (Å²) in [5.74, 6) is 1.34. The monoisotopic (exact) mass is 430 g/mol. The van der Waals surface area contributed by atoms with Gasteiger partial charge in [0.25, 0.3) is 0 Å². The third-order valence-electron chi connectivity index (χ3n) is 3.60. The Hall–Kier alpha value is -3.27. The Morgan fingerprint density at radius 1 is 1.11 bits per heavy atom. The fourth-order valence-electron chi connectivity index (χ4n) is 2.27. The van der Waals surface area contributed by atoms with E-state index in [0.29, 0.717) is 12.4 Å². The lowest BCUT2D eigenvalue weighted by molar-refractivity contribution is -0.383. The molecule has 9 nitrogen and oxygen atoms in total. The summed E-state index contributed by atoms with van der Waals surface area (Å²) >= 11 is 3.29. The summed E-state index contributed by atoms with van der Waals surface area (Å²) in [4.78, 5) is 23.2. The molecule has 27 heavy (non-hydrogen) atoms. The van der Waals surface area contributed by atoms with Gasteiger partial charge in [-0.3, -0.25) is 10.1 Å². The van der Waals surface area contributed by atoms with Gasteiger partial charge in [0.05, 0.1) is 12.0 Å². The van der Waals surface area contributed by atoms with E-state index < -0.39 is 4.92 Å². The molecular weight excluding hydrogens is 416 g/mol. The first-order valence-electron chi connectivity index (χ1n) is 7.81. The van der Waals surface area contributed by atoms with Crippen LogP contribution in [0.15, 0.2) is 53.4 Å². The molecule has 2 aromatic heterocycles. The fraction of sp³-hybridized carbons (Fsp3) is 0.118. The molecule has 0 spiro atoms. The van der Waals surface area contributed by atoms with Crippen LogP contribution in [0.5, 0.6) is 5.75 Å². The van der Waals surface area contributed by atoms with Crippen LogP contribution in [0, 0.1) is 10.1 Å². The second-order valence-corrected chi connectivity index (χ2v) is 6.28. The molecule has 0 saturated carbocycles. The van der Waals surface area contributed by atoms with Crippen LogP contribution in [0.25, 0.3) is 0 Å². The Morgan fingerprint density at radius 3 is 2.48 bits per heavy atom. The largest absolute Gasteiger partial charge is 0.497 e. The number of anilines is 3. The van der Waals surface area contributed by atoms with Crippen molar-refractivity contribution in [2.24, 2.45) is 0 Å². The van der Waals surface area contributed by atoms with Crippen molar-refractivity contribution in [2.75, 3.05) is 17.7 Å². The van der Waals surface area contributed by atoms with Gasteiger partial charge in [-0.1, -0.05) is 12.1 Å². The SMILES string of the molecule is COc1ccc(CNc2ncnc(Nc3ccc(Br)cn3)c2[N+](=O)[O-])cc1. The summed E-state index contributed by atoms with van der Waals surface area (Å²) in [7, 11) is 1.59. The number of methoxy groups -OCH3 is 1. The second kappa shape index (κ2) is 8.41. The summed E-state index contributed by atoms with van der Waals surface area (Å²) in [5, 5.41) is 17.4. The van der Waals surface area contributed by atoms with Crippen molar-refractivity contribution in [1.29, 1.82) is 0 Å². The normalized spacial score (nSPS) is 10.3. The number of aromatic nitrogens is 3. The maximum absolute atomic E-state index is 11.6. The van der Waals surface area contributed by atoms with Crippen molar-refractivity contribution >= 4 is 39.1 Å². The number of benzene rings is 1. The van der Waals surface area contributed by atoms with E-state index in [1.165, 1.54) is 6.33 Å². The van der Waals surface area contributed by atoms with Gasteiger partial charge in [-0.15, -0.1) is 0 Å². The molecule has 0 amide bonds. The van der Waals surface area contributed by atoms with Gasteiger partial charge in [0.1, 0.15) is 17.9 Å². The van der Waals surface area contributed by atoms with Gasteiger partial charge < -0.3 is 15.4 Å². The molecule has 0 aliphatic rings. The zero-order chi connectivity index (χ0) is 19.2. The highest BCUT2D eigenvalue weighted by Gasteiger charge is 2.23. The van der Waals surface area contributed by atoms with E-state index in [1.54, 1.807) is 25.4 Å². The number of hydrogen-bond acceptors (Lipinski definition) is 8. The molecule has 1 aromatic carbocycles. The number of ether oxygens (including phenoxy) is 1. The highest BCUT2D eigenvalue weighted by molar-refractivity contribution is 9.10. The van der Waals surface area contributed by atoms with Gasteiger partial charge in [-0.25, -0.2) is 15.0 Å². The quantitative estimate of drug-likeness (QED) is 0.428. The van der Waals surface area contributed by atoms with Crippen LogP contribution in [-0.4, -0.2) is 27.0 Å². The van der Waals surface area contributed by atoms with Gasteiger partial charge in [-0.05, 0) is 45.8 Å². The zero-order valence-corrected chi connectivity index (χ0v) is 15.8. The third-order valence-corrected chi connectivity index (χ3v) is 4.07. The number of nitro groups is 1. The molecule has 0 unspecified atom stereocenters. The molecule has 3 aromatic rings. The second-order valence-electron chi connectivity index (χ2n) is 5.36. The average Bonchev–Trinajstić information content (AvgIpc) is 2.68. The van der Waals surface area contributed by atoms with Crippen LogP contribution in [-0.2, 0) is 6.54 Å². The molecular formula is C17H15BrN6O3. The third kappa shape index (κ3) is 4.67. The summed E-state index contributed by atoms with van der Waals surface area (Å²) < 4.78 is 5.91. The summed E-state index contributed by atoms with van der Waals surface area (Å²) in [6.07, 6.45) is 2.84. The standard InChI is InChI=1S/C17H15BrN6O3/c1-27-13-5-2-11(3-6-13)8-20-16-15(24(25)26)17(22-10-21-16)23-14-7-4-12(18)9-19-14/h2-7,9-10H,8H2,1H3,(H2,19,20,21,22,23). The fourth-order valence-corrected chi connectivity index (χ4v) is 2.51. The van der Waals surface area contributed by atoms with E-state index >= 15 is 0 Å². The lowest BCUT2D eigenvalue weighted by atomic mass is 10.2. The maximum Gasteiger partial charge on any atom is 0.353 e. The number of hydrogen-bond donors (Lipinski definition) is 2. The number of rotatable bonds is 7. The van der Waals surface area contributed by atoms with Crippen molar-refractivity contribution < 1.29 is 9.66 Å². The van der Waals surface area contributed by atoms with E-state index in [2.05, 4.69) is 41.5 Å². The van der Waals surface area contributed by atoms with Crippen molar-refractivity contribution in [1.82, 2.24) is 15.0 Å². The minimum Gasteiger partial charge on any atom is -0.497 e. The topological polar surface area (TPSA) is 115 Å². The van der Waals surface area contributed by atoms with Gasteiger partial charge in [-0.2, -0.15) is 0 Å². The van der Waals surface area contributed by atoms with Gasteiger partial charge >= 0.3 is 5.69 Å². The van der Waals surface area contributed by atoms with Crippen LogP contribution in [0.3, 0.4) is 0 Å². The van der Waals surface area contributed by atoms with Gasteiger partial charge in [0, 0.05) is 17.2 Å². The molecule has 0 saturated heterocycles. The molecule has 0 radical (unpaired) electrons. The van der Waals surface area contributed by atoms with Crippen LogP contribution in [0.1, 0.15) is 5.56 Å². The Labute approximate surface area is 163 Å². The molecule has 0 aliphatic carbocycles. The molecule has 0 atom stereocenters. The number of pyridine rings is 1. The molecule has 3 rings (SSSR count). The van der Waals surface area contributed by atoms with Gasteiger partial charge in [0.15, 0.2) is 0 Å². The number of halogens is 1. The Bertz CT molecular complexity index is 934. The van der Waals surface area contributed by atoms with E-state index in [0.717, 1.165) is 15.8 Å². The van der Waals surface area contributed by atoms with Crippen molar-refractivity contribution in [2.45, 2.75) is 6.54 Å². The summed E-state index contributed by atoms with van der Waals surface area (Å²) in [6.45, 7) is 0.359. The molecule has 10 heteroatoms. The molecule has 0 aliphatic heterocycles. The number of nitrogens with zero attached hydrogens (tertiary/aromatic N) is 4. The molecule has 2 N–H and O–H groups in total. The average molecular weight is 431 g/mol. The van der Waals surface area contributed by atoms with E-state index in [1.807, 2.05) is 24.3 Å². The molecule has 138 valence electrons. The van der Waals surface area contributed by atoms with Crippen LogP contribution in [0.4, 0.5) is 23.1 Å². The zero-order valence-electron chi connectivity index (χ0n) is 14.2. The smallest absolute Gasteiger partial charge is 0.353 e. The van der Waals surface area contributed by atoms with Crippen molar-refractivity contribution in [3.63, 3.8) is 0 Å². The van der Waals surface area contributed by atoms with Crippen LogP contribution < -0.4 is 15.4 Å². The van der Waals surface area contributed by atoms with Crippen molar-refractivity contribution in [3.05, 3.63) is 69.1 Å². The first kappa shape index (κ1) is 18.5. The van der Waals surface area contributed by atoms with E-state index in [-0.39, 0.29) is 17.3 Å². The highest BCUT2D eigenvalue weighted by atomic mass is 79.9.